The van der Waals surface area contributed by atoms with Gasteiger partial charge in [-0.05, 0) is 38.8 Å². The van der Waals surface area contributed by atoms with Gasteiger partial charge in [0.1, 0.15) is 0 Å². The van der Waals surface area contributed by atoms with E-state index in [-0.39, 0.29) is 18.4 Å². The zero-order chi connectivity index (χ0) is 15.6. The lowest BCUT2D eigenvalue weighted by Gasteiger charge is -2.29. The quantitative estimate of drug-likeness (QED) is 0.641. The number of hydrogen-bond acceptors (Lipinski definition) is 5. The number of rotatable bonds is 4. The predicted molar refractivity (Wildman–Crippen MR) is 77.6 cm³/mol. The molecule has 0 aromatic carbocycles. The van der Waals surface area contributed by atoms with Crippen LogP contribution in [-0.4, -0.2) is 59.6 Å². The number of aromatic nitrogens is 1. The number of aliphatic hydroxyl groups is 1. The fourth-order valence-corrected chi connectivity index (χ4v) is 2.89. The first-order valence-electron chi connectivity index (χ1n) is 7.15. The molecule has 0 spiro atoms. The number of H-pyrrole nitrogens is 1. The van der Waals surface area contributed by atoms with Crippen molar-refractivity contribution in [1.82, 2.24) is 9.88 Å². The van der Waals surface area contributed by atoms with Gasteiger partial charge in [-0.15, -0.1) is 0 Å². The number of ketones is 1. The largest absolute Gasteiger partial charge is 0.465 e. The number of Topliss-reactive ketones (excluding diaryl/α,β-unsaturated/α-hetero) is 1. The topological polar surface area (TPSA) is 82.6 Å². The third kappa shape index (κ3) is 3.33. The van der Waals surface area contributed by atoms with E-state index in [2.05, 4.69) is 4.98 Å². The highest BCUT2D eigenvalue weighted by Crippen LogP contribution is 2.20. The van der Waals surface area contributed by atoms with Crippen molar-refractivity contribution in [3.8, 4) is 0 Å². The van der Waals surface area contributed by atoms with E-state index in [0.717, 1.165) is 19.4 Å². The maximum atomic E-state index is 12.4. The first-order chi connectivity index (χ1) is 9.93. The minimum atomic E-state index is -0.436. The van der Waals surface area contributed by atoms with Gasteiger partial charge >= 0.3 is 5.97 Å². The van der Waals surface area contributed by atoms with Crippen LogP contribution >= 0.6 is 0 Å². The van der Waals surface area contributed by atoms with Gasteiger partial charge in [-0.3, -0.25) is 9.69 Å². The molecule has 1 unspecified atom stereocenters. The van der Waals surface area contributed by atoms with Gasteiger partial charge in [-0.25, -0.2) is 4.79 Å². The summed E-state index contributed by atoms with van der Waals surface area (Å²) in [6, 6.07) is 0. The number of likely N-dealkylation sites (tertiary alicyclic amines) is 1. The van der Waals surface area contributed by atoms with E-state index < -0.39 is 5.97 Å². The van der Waals surface area contributed by atoms with Crippen molar-refractivity contribution >= 4 is 11.8 Å². The summed E-state index contributed by atoms with van der Waals surface area (Å²) in [6.45, 7) is 5.08. The molecular weight excluding hydrogens is 272 g/mol. The molecule has 1 saturated heterocycles. The second kappa shape index (κ2) is 6.41. The number of aryl methyl sites for hydroxylation is 1. The molecule has 116 valence electrons. The van der Waals surface area contributed by atoms with E-state index in [0.29, 0.717) is 29.1 Å². The van der Waals surface area contributed by atoms with Gasteiger partial charge < -0.3 is 14.8 Å². The maximum Gasteiger partial charge on any atom is 0.339 e. The molecule has 6 heteroatoms. The number of aromatic amines is 1. The van der Waals surface area contributed by atoms with Crippen LogP contribution in [0, 0.1) is 13.8 Å². The van der Waals surface area contributed by atoms with Crippen LogP contribution in [0.15, 0.2) is 0 Å². The Morgan fingerprint density at radius 3 is 2.76 bits per heavy atom. The lowest BCUT2D eigenvalue weighted by Crippen LogP contribution is -2.41. The molecule has 0 radical (unpaired) electrons. The van der Waals surface area contributed by atoms with Crippen LogP contribution in [-0.2, 0) is 4.74 Å². The van der Waals surface area contributed by atoms with Crippen LogP contribution in [0.5, 0.6) is 0 Å². The molecule has 0 bridgehead atoms. The molecule has 2 N–H and O–H groups in total. The Labute approximate surface area is 124 Å². The van der Waals surface area contributed by atoms with Crippen LogP contribution < -0.4 is 0 Å². The number of methoxy groups -OCH3 is 1. The molecule has 1 fully saturated rings. The number of esters is 1. The van der Waals surface area contributed by atoms with Gasteiger partial charge in [-0.1, -0.05) is 0 Å². The Kier molecular flexibility index (Phi) is 4.80. The number of carbonyl (C=O) groups excluding carboxylic acids is 2. The van der Waals surface area contributed by atoms with Crippen molar-refractivity contribution in [2.24, 2.45) is 0 Å². The molecule has 1 aliphatic heterocycles. The average molecular weight is 294 g/mol. The molecule has 2 rings (SSSR count). The van der Waals surface area contributed by atoms with Crippen molar-refractivity contribution in [3.63, 3.8) is 0 Å². The normalized spacial score (nSPS) is 19.5. The van der Waals surface area contributed by atoms with Gasteiger partial charge in [0.05, 0.1) is 31.0 Å². The van der Waals surface area contributed by atoms with Crippen LogP contribution in [0.4, 0.5) is 0 Å². The van der Waals surface area contributed by atoms with Crippen molar-refractivity contribution in [2.45, 2.75) is 32.8 Å². The molecule has 2 heterocycles. The predicted octanol–water partition coefficient (Wildman–Crippen LogP) is 1.06. The fraction of sp³-hybridized carbons (Fsp3) is 0.600. The number of piperidine rings is 1. The highest BCUT2D eigenvalue weighted by Gasteiger charge is 2.25. The van der Waals surface area contributed by atoms with Gasteiger partial charge in [0.25, 0.3) is 0 Å². The van der Waals surface area contributed by atoms with E-state index in [1.165, 1.54) is 7.11 Å². The minimum Gasteiger partial charge on any atom is -0.465 e. The lowest BCUT2D eigenvalue weighted by atomic mass is 10.1. The molecule has 0 amide bonds. The Morgan fingerprint density at radius 2 is 2.14 bits per heavy atom. The Balaban J connectivity index is 2.14. The summed E-state index contributed by atoms with van der Waals surface area (Å²) in [7, 11) is 1.32. The molecule has 0 aliphatic carbocycles. The van der Waals surface area contributed by atoms with Crippen molar-refractivity contribution in [3.05, 3.63) is 22.5 Å². The van der Waals surface area contributed by atoms with E-state index in [4.69, 9.17) is 4.74 Å². The molecule has 0 saturated carbocycles. The smallest absolute Gasteiger partial charge is 0.339 e. The van der Waals surface area contributed by atoms with Crippen molar-refractivity contribution in [2.75, 3.05) is 26.7 Å². The van der Waals surface area contributed by atoms with Crippen LogP contribution in [0.1, 0.15) is 44.9 Å². The first-order valence-corrected chi connectivity index (χ1v) is 7.15. The van der Waals surface area contributed by atoms with E-state index in [9.17, 15) is 14.7 Å². The third-order valence-electron chi connectivity index (χ3n) is 3.95. The van der Waals surface area contributed by atoms with E-state index in [1.54, 1.807) is 13.8 Å². The second-order valence-corrected chi connectivity index (χ2v) is 5.57. The van der Waals surface area contributed by atoms with Crippen LogP contribution in [0.3, 0.4) is 0 Å². The zero-order valence-electron chi connectivity index (χ0n) is 12.7. The zero-order valence-corrected chi connectivity index (χ0v) is 12.7. The summed E-state index contributed by atoms with van der Waals surface area (Å²) in [6.07, 6.45) is 1.33. The number of β-amino-alcohol motifs (C(OH)–C–C–N with tert-alkyl or cyclic N) is 1. The first kappa shape index (κ1) is 15.7. The van der Waals surface area contributed by atoms with Crippen molar-refractivity contribution < 1.29 is 19.4 Å². The molecule has 21 heavy (non-hydrogen) atoms. The maximum absolute atomic E-state index is 12.4. The molecule has 1 aromatic rings. The van der Waals surface area contributed by atoms with Gasteiger partial charge in [0.2, 0.25) is 0 Å². The molecule has 6 nitrogen and oxygen atoms in total. The number of carbonyl (C=O) groups is 2. The second-order valence-electron chi connectivity index (χ2n) is 5.57. The minimum absolute atomic E-state index is 0.0696. The summed E-state index contributed by atoms with van der Waals surface area (Å²) in [4.78, 5) is 29.1. The van der Waals surface area contributed by atoms with Gasteiger partial charge in [0.15, 0.2) is 5.78 Å². The summed E-state index contributed by atoms with van der Waals surface area (Å²) < 4.78 is 4.74. The van der Waals surface area contributed by atoms with E-state index in [1.807, 2.05) is 4.90 Å². The highest BCUT2D eigenvalue weighted by atomic mass is 16.5. The summed E-state index contributed by atoms with van der Waals surface area (Å²) in [5.41, 5.74) is 2.15. The number of aliphatic hydroxyl groups excluding tert-OH is 1. The third-order valence-corrected chi connectivity index (χ3v) is 3.95. The van der Waals surface area contributed by atoms with Gasteiger partial charge in [0, 0.05) is 12.2 Å². The molecule has 1 aliphatic rings. The summed E-state index contributed by atoms with van der Waals surface area (Å²) in [5, 5.41) is 9.65. The Bertz CT molecular complexity index is 550. The SMILES string of the molecule is COC(=O)c1c(C)[nH]c(C(=O)CN2CCCC(O)C2)c1C. The lowest BCUT2D eigenvalue weighted by molar-refractivity contribution is 0.0598. The monoisotopic (exact) mass is 294 g/mol. The summed E-state index contributed by atoms with van der Waals surface area (Å²) >= 11 is 0. The standard InChI is InChI=1S/C15H22N2O4/c1-9-13(15(20)21-3)10(2)16-14(9)12(19)8-17-6-4-5-11(18)7-17/h11,16,18H,4-8H2,1-3H3. The van der Waals surface area contributed by atoms with Crippen molar-refractivity contribution in [1.29, 1.82) is 0 Å². The number of nitrogens with one attached hydrogen (secondary N) is 1. The number of hydrogen-bond donors (Lipinski definition) is 2. The fourth-order valence-electron chi connectivity index (χ4n) is 2.89. The van der Waals surface area contributed by atoms with Crippen LogP contribution in [0.2, 0.25) is 0 Å². The molecule has 1 atom stereocenters. The van der Waals surface area contributed by atoms with Gasteiger partial charge in [-0.2, -0.15) is 0 Å². The Morgan fingerprint density at radius 1 is 1.43 bits per heavy atom. The molecule has 1 aromatic heterocycles. The number of nitrogens with zero attached hydrogens (tertiary/aromatic N) is 1. The number of ether oxygens (including phenoxy) is 1. The Hall–Kier alpha value is -1.66. The average Bonchev–Trinajstić information content (AvgIpc) is 2.73. The highest BCUT2D eigenvalue weighted by molar-refractivity contribution is 6.02. The summed E-state index contributed by atoms with van der Waals surface area (Å²) in [5.74, 6) is -0.506. The van der Waals surface area contributed by atoms with E-state index >= 15 is 0 Å². The van der Waals surface area contributed by atoms with Crippen LogP contribution in [0.25, 0.3) is 0 Å². The molecular formula is C15H22N2O4.